The number of nitrogens with one attached hydrogen (secondary N) is 2. The second kappa shape index (κ2) is 9.84. The molecule has 3 N–H and O–H groups in total. The van der Waals surface area contributed by atoms with Crippen LogP contribution < -0.4 is 15.6 Å². The highest BCUT2D eigenvalue weighted by Crippen LogP contribution is 2.24. The molecule has 0 saturated carbocycles. The number of ether oxygens (including phenoxy) is 1. The smallest absolute Gasteiger partial charge is 0.271 e. The van der Waals surface area contributed by atoms with Crippen molar-refractivity contribution in [2.24, 2.45) is 0 Å². The standard InChI is InChI=1S/C20H19BrF2N4O4/c1-11-6-17(31-10-12-2-3-13(22)7-15(12)23)18(21)20(30)27(11)9-14-8-16(26-25-14)19(29)24-4-5-28/h2-3,6-8,28H,4-5,9-10H2,1H3,(H,24,29)(H,25,26). The monoisotopic (exact) mass is 496 g/mol. The van der Waals surface area contributed by atoms with Crippen LogP contribution in [0.4, 0.5) is 8.78 Å². The number of aromatic nitrogens is 3. The Hall–Kier alpha value is -3.05. The minimum Gasteiger partial charge on any atom is -0.487 e. The minimum atomic E-state index is -0.737. The van der Waals surface area contributed by atoms with E-state index >= 15 is 0 Å². The summed E-state index contributed by atoms with van der Waals surface area (Å²) in [5.41, 5.74) is 0.974. The van der Waals surface area contributed by atoms with Crippen molar-refractivity contribution in [3.8, 4) is 5.75 Å². The van der Waals surface area contributed by atoms with Gasteiger partial charge in [-0.3, -0.25) is 14.7 Å². The fourth-order valence-corrected chi connectivity index (χ4v) is 3.24. The lowest BCUT2D eigenvalue weighted by atomic mass is 10.2. The van der Waals surface area contributed by atoms with E-state index in [2.05, 4.69) is 31.4 Å². The quantitative estimate of drug-likeness (QED) is 0.443. The molecule has 0 fully saturated rings. The number of halogens is 3. The molecule has 0 bridgehead atoms. The third kappa shape index (κ3) is 5.36. The van der Waals surface area contributed by atoms with Crippen LogP contribution in [0.3, 0.4) is 0 Å². The second-order valence-corrected chi connectivity index (χ2v) is 7.43. The highest BCUT2D eigenvalue weighted by Gasteiger charge is 2.16. The third-order valence-corrected chi connectivity index (χ3v) is 5.13. The molecule has 0 unspecified atom stereocenters. The minimum absolute atomic E-state index is 0.107. The number of aryl methyl sites for hydroxylation is 1. The molecule has 3 rings (SSSR count). The first kappa shape index (κ1) is 22.6. The molecule has 0 radical (unpaired) electrons. The highest BCUT2D eigenvalue weighted by molar-refractivity contribution is 9.10. The van der Waals surface area contributed by atoms with Crippen molar-refractivity contribution in [2.75, 3.05) is 13.2 Å². The van der Waals surface area contributed by atoms with E-state index in [4.69, 9.17) is 9.84 Å². The maximum atomic E-state index is 13.8. The zero-order valence-electron chi connectivity index (χ0n) is 16.4. The summed E-state index contributed by atoms with van der Waals surface area (Å²) in [5.74, 6) is -1.65. The van der Waals surface area contributed by atoms with Crippen LogP contribution in [-0.4, -0.2) is 38.9 Å². The molecule has 0 atom stereocenters. The Bertz CT molecular complexity index is 1160. The average molecular weight is 497 g/mol. The number of benzene rings is 1. The van der Waals surface area contributed by atoms with Crippen LogP contribution in [0.5, 0.6) is 5.75 Å². The van der Waals surface area contributed by atoms with E-state index in [1.165, 1.54) is 16.7 Å². The van der Waals surface area contributed by atoms with Crippen LogP contribution in [0.1, 0.15) is 27.4 Å². The number of pyridine rings is 1. The van der Waals surface area contributed by atoms with Gasteiger partial charge in [0.25, 0.3) is 11.5 Å². The van der Waals surface area contributed by atoms with Crippen LogP contribution in [0, 0.1) is 18.6 Å². The van der Waals surface area contributed by atoms with Crippen molar-refractivity contribution >= 4 is 21.8 Å². The van der Waals surface area contributed by atoms with Crippen LogP contribution in [0.15, 0.2) is 39.6 Å². The average Bonchev–Trinajstić information content (AvgIpc) is 3.21. The normalized spacial score (nSPS) is 10.9. The molecule has 11 heteroatoms. The van der Waals surface area contributed by atoms with Crippen LogP contribution in [0.2, 0.25) is 0 Å². The number of hydrogen-bond acceptors (Lipinski definition) is 5. The molecule has 2 heterocycles. The number of aromatic amines is 1. The molecule has 0 aliphatic carbocycles. The molecular weight excluding hydrogens is 478 g/mol. The van der Waals surface area contributed by atoms with E-state index in [1.54, 1.807) is 13.0 Å². The molecule has 8 nitrogen and oxygen atoms in total. The molecule has 31 heavy (non-hydrogen) atoms. The summed E-state index contributed by atoms with van der Waals surface area (Å²) in [4.78, 5) is 24.7. The summed E-state index contributed by atoms with van der Waals surface area (Å²) in [6, 6.07) is 6.29. The van der Waals surface area contributed by atoms with Gasteiger partial charge in [-0.05, 0) is 41.1 Å². The summed E-state index contributed by atoms with van der Waals surface area (Å²) >= 11 is 3.21. The van der Waals surface area contributed by atoms with E-state index in [0.29, 0.717) is 11.4 Å². The van der Waals surface area contributed by atoms with Gasteiger partial charge in [-0.1, -0.05) is 0 Å². The summed E-state index contributed by atoms with van der Waals surface area (Å²) < 4.78 is 34.0. The first-order chi connectivity index (χ1) is 14.8. The van der Waals surface area contributed by atoms with Crippen molar-refractivity contribution in [1.29, 1.82) is 0 Å². The number of aliphatic hydroxyl groups excluding tert-OH is 1. The van der Waals surface area contributed by atoms with Gasteiger partial charge >= 0.3 is 0 Å². The fraction of sp³-hybridized carbons (Fsp3) is 0.250. The van der Waals surface area contributed by atoms with Crippen molar-refractivity contribution in [3.05, 3.63) is 79.4 Å². The Morgan fingerprint density at radius 3 is 2.81 bits per heavy atom. The Kier molecular flexibility index (Phi) is 7.18. The Morgan fingerprint density at radius 1 is 1.32 bits per heavy atom. The topological polar surface area (TPSA) is 109 Å². The summed E-state index contributed by atoms with van der Waals surface area (Å²) in [6.07, 6.45) is 0. The van der Waals surface area contributed by atoms with Gasteiger partial charge in [0, 0.05) is 29.9 Å². The molecule has 0 aliphatic heterocycles. The number of rotatable bonds is 8. The van der Waals surface area contributed by atoms with Crippen LogP contribution >= 0.6 is 15.9 Å². The zero-order valence-corrected chi connectivity index (χ0v) is 18.0. The Morgan fingerprint density at radius 2 is 2.10 bits per heavy atom. The predicted octanol–water partition coefficient (Wildman–Crippen LogP) is 2.27. The molecule has 1 aromatic carbocycles. The molecule has 0 aliphatic rings. The van der Waals surface area contributed by atoms with Gasteiger partial charge in [0.15, 0.2) is 0 Å². The summed E-state index contributed by atoms with van der Waals surface area (Å²) in [6.45, 7) is 1.56. The molecular formula is C20H19BrF2N4O4. The number of aliphatic hydroxyl groups is 1. The molecule has 164 valence electrons. The SMILES string of the molecule is Cc1cc(OCc2ccc(F)cc2F)c(Br)c(=O)n1Cc1cc(C(=O)NCCO)n[nH]1. The molecule has 3 aromatic rings. The number of hydrogen-bond donors (Lipinski definition) is 3. The van der Waals surface area contributed by atoms with Gasteiger partial charge < -0.3 is 19.7 Å². The van der Waals surface area contributed by atoms with Gasteiger partial charge in [0.05, 0.1) is 18.8 Å². The van der Waals surface area contributed by atoms with Gasteiger partial charge in [0.2, 0.25) is 0 Å². The highest BCUT2D eigenvalue weighted by atomic mass is 79.9. The Balaban J connectivity index is 1.76. The lowest BCUT2D eigenvalue weighted by Gasteiger charge is -2.14. The molecule has 0 saturated heterocycles. The number of carbonyl (C=O) groups is 1. The number of amides is 1. The van der Waals surface area contributed by atoms with Gasteiger partial charge in [0.1, 0.15) is 34.2 Å². The van der Waals surface area contributed by atoms with Crippen molar-refractivity contribution in [3.63, 3.8) is 0 Å². The summed E-state index contributed by atoms with van der Waals surface area (Å²) in [7, 11) is 0. The van der Waals surface area contributed by atoms with Crippen LogP contribution in [0.25, 0.3) is 0 Å². The second-order valence-electron chi connectivity index (χ2n) is 6.64. The van der Waals surface area contributed by atoms with Crippen LogP contribution in [-0.2, 0) is 13.2 Å². The predicted molar refractivity (Wildman–Crippen MR) is 111 cm³/mol. The lowest BCUT2D eigenvalue weighted by molar-refractivity contribution is 0.0939. The van der Waals surface area contributed by atoms with E-state index in [1.807, 2.05) is 0 Å². The number of carbonyl (C=O) groups excluding carboxylic acids is 1. The summed E-state index contributed by atoms with van der Waals surface area (Å²) in [5, 5.41) is 17.9. The lowest BCUT2D eigenvalue weighted by Crippen LogP contribution is -2.26. The van der Waals surface area contributed by atoms with E-state index in [0.717, 1.165) is 12.1 Å². The fourth-order valence-electron chi connectivity index (χ4n) is 2.80. The van der Waals surface area contributed by atoms with Crippen molar-refractivity contribution in [1.82, 2.24) is 20.1 Å². The van der Waals surface area contributed by atoms with Crippen molar-refractivity contribution < 1.29 is 23.4 Å². The van der Waals surface area contributed by atoms with E-state index < -0.39 is 23.1 Å². The molecule has 0 spiro atoms. The Labute approximate surface area is 184 Å². The largest absolute Gasteiger partial charge is 0.487 e. The van der Waals surface area contributed by atoms with Gasteiger partial charge in [-0.25, -0.2) is 8.78 Å². The molecule has 1 amide bonds. The van der Waals surface area contributed by atoms with Crippen molar-refractivity contribution in [2.45, 2.75) is 20.1 Å². The first-order valence-corrected chi connectivity index (χ1v) is 9.99. The number of H-pyrrole nitrogens is 1. The maximum absolute atomic E-state index is 13.8. The van der Waals surface area contributed by atoms with E-state index in [-0.39, 0.29) is 47.8 Å². The van der Waals surface area contributed by atoms with Gasteiger partial charge in [-0.2, -0.15) is 5.10 Å². The first-order valence-electron chi connectivity index (χ1n) is 9.20. The molecule has 2 aromatic heterocycles. The zero-order chi connectivity index (χ0) is 22.5. The van der Waals surface area contributed by atoms with Gasteiger partial charge in [-0.15, -0.1) is 0 Å². The number of nitrogens with zero attached hydrogens (tertiary/aromatic N) is 2. The van der Waals surface area contributed by atoms with E-state index in [9.17, 15) is 18.4 Å². The maximum Gasteiger partial charge on any atom is 0.271 e. The third-order valence-electron chi connectivity index (χ3n) is 4.40.